The van der Waals surface area contributed by atoms with Gasteiger partial charge in [-0.3, -0.25) is 9.69 Å². The van der Waals surface area contributed by atoms with Gasteiger partial charge in [-0.15, -0.1) is 24.0 Å². The number of methoxy groups -OCH3 is 1. The molecular formula is C22H34IN5O3. The number of rotatable bonds is 8. The average molecular weight is 543 g/mol. The third-order valence-corrected chi connectivity index (χ3v) is 5.32. The van der Waals surface area contributed by atoms with Crippen LogP contribution in [0.2, 0.25) is 0 Å². The normalized spacial score (nSPS) is 15.1. The highest BCUT2D eigenvalue weighted by Crippen LogP contribution is 2.25. The topological polar surface area (TPSA) is 82.3 Å². The van der Waals surface area contributed by atoms with Crippen LogP contribution >= 0.6 is 24.0 Å². The van der Waals surface area contributed by atoms with E-state index in [1.54, 1.807) is 7.11 Å². The first-order chi connectivity index (χ1) is 14.6. The minimum Gasteiger partial charge on any atom is -0.459 e. The number of nitrogens with one attached hydrogen (secondary N) is 2. The Kier molecular flexibility index (Phi) is 10.6. The Morgan fingerprint density at radius 2 is 1.94 bits per heavy atom. The molecule has 1 aliphatic heterocycles. The van der Waals surface area contributed by atoms with Crippen molar-refractivity contribution in [2.24, 2.45) is 4.99 Å². The zero-order valence-corrected chi connectivity index (χ0v) is 21.0. The van der Waals surface area contributed by atoms with Gasteiger partial charge in [0.15, 0.2) is 5.96 Å². The van der Waals surface area contributed by atoms with Crippen molar-refractivity contribution >= 4 is 46.8 Å². The van der Waals surface area contributed by atoms with E-state index in [9.17, 15) is 4.79 Å². The maximum Gasteiger partial charge on any atom is 0.234 e. The van der Waals surface area contributed by atoms with Crippen LogP contribution in [0.25, 0.3) is 11.0 Å². The molecule has 1 aromatic carbocycles. The number of carbonyl (C=O) groups is 1. The van der Waals surface area contributed by atoms with Crippen molar-refractivity contribution in [2.75, 3.05) is 59.5 Å². The van der Waals surface area contributed by atoms with Gasteiger partial charge in [0.25, 0.3) is 0 Å². The molecule has 31 heavy (non-hydrogen) atoms. The van der Waals surface area contributed by atoms with Crippen molar-refractivity contribution < 1.29 is 13.9 Å². The van der Waals surface area contributed by atoms with Crippen LogP contribution in [0.1, 0.15) is 18.2 Å². The Hall–Kier alpha value is -1.85. The Morgan fingerprint density at radius 3 is 2.61 bits per heavy atom. The summed E-state index contributed by atoms with van der Waals surface area (Å²) < 4.78 is 11.0. The maximum absolute atomic E-state index is 12.0. The molecule has 0 radical (unpaired) electrons. The fraction of sp³-hybridized carbons (Fsp3) is 0.545. The van der Waals surface area contributed by atoms with Gasteiger partial charge in [0.1, 0.15) is 17.9 Å². The number of hydrogen-bond donors (Lipinski definition) is 2. The van der Waals surface area contributed by atoms with E-state index in [4.69, 9.17) is 14.1 Å². The zero-order chi connectivity index (χ0) is 21.3. The first-order valence-electron chi connectivity index (χ1n) is 10.6. The van der Waals surface area contributed by atoms with Crippen LogP contribution in [0.15, 0.2) is 33.7 Å². The van der Waals surface area contributed by atoms with E-state index in [1.165, 1.54) is 0 Å². The molecule has 0 aliphatic carbocycles. The second kappa shape index (κ2) is 12.9. The van der Waals surface area contributed by atoms with Crippen LogP contribution < -0.4 is 10.6 Å². The Labute approximate surface area is 201 Å². The van der Waals surface area contributed by atoms with Crippen molar-refractivity contribution in [1.29, 1.82) is 0 Å². The highest BCUT2D eigenvalue weighted by molar-refractivity contribution is 14.0. The monoisotopic (exact) mass is 543 g/mol. The first-order valence-corrected chi connectivity index (χ1v) is 10.6. The summed E-state index contributed by atoms with van der Waals surface area (Å²) in [6.45, 7) is 10.3. The lowest BCUT2D eigenvalue weighted by molar-refractivity contribution is -0.122. The number of halogens is 1. The SMILES string of the molecule is CCNC(=NCc1oc2ccccc2c1C)N1CCN(CC(=O)NCCOC)CC1.I. The third kappa shape index (κ3) is 7.08. The lowest BCUT2D eigenvalue weighted by Crippen LogP contribution is -2.54. The van der Waals surface area contributed by atoms with Gasteiger partial charge in [-0.1, -0.05) is 18.2 Å². The lowest BCUT2D eigenvalue weighted by atomic mass is 10.1. The van der Waals surface area contributed by atoms with Crippen LogP contribution in [0.5, 0.6) is 0 Å². The van der Waals surface area contributed by atoms with Gasteiger partial charge in [-0.2, -0.15) is 0 Å². The molecule has 2 heterocycles. The summed E-state index contributed by atoms with van der Waals surface area (Å²) in [6, 6.07) is 8.08. The predicted molar refractivity (Wildman–Crippen MR) is 134 cm³/mol. The molecule has 0 unspecified atom stereocenters. The van der Waals surface area contributed by atoms with Crippen LogP contribution in [0, 0.1) is 6.92 Å². The number of furan rings is 1. The number of benzene rings is 1. The van der Waals surface area contributed by atoms with Gasteiger partial charge >= 0.3 is 0 Å². The predicted octanol–water partition coefficient (Wildman–Crippen LogP) is 2.20. The van der Waals surface area contributed by atoms with Gasteiger partial charge in [0, 0.05) is 57.3 Å². The number of guanidine groups is 1. The summed E-state index contributed by atoms with van der Waals surface area (Å²) in [4.78, 5) is 21.2. The van der Waals surface area contributed by atoms with Crippen LogP contribution in [-0.4, -0.2) is 81.2 Å². The molecule has 9 heteroatoms. The van der Waals surface area contributed by atoms with Gasteiger partial charge in [0.2, 0.25) is 5.91 Å². The number of piperazine rings is 1. The Bertz CT molecular complexity index is 862. The van der Waals surface area contributed by atoms with E-state index >= 15 is 0 Å². The highest BCUT2D eigenvalue weighted by Gasteiger charge is 2.21. The number of aliphatic imine (C=N–C) groups is 1. The van der Waals surface area contributed by atoms with Gasteiger partial charge in [-0.25, -0.2) is 4.99 Å². The summed E-state index contributed by atoms with van der Waals surface area (Å²) in [6.07, 6.45) is 0. The van der Waals surface area contributed by atoms with Crippen molar-refractivity contribution in [3.8, 4) is 0 Å². The standard InChI is InChI=1S/C22H33N5O3.HI/c1-4-23-22(25-15-20-17(2)18-7-5-6-8-19(18)30-20)27-12-10-26(11-13-27)16-21(28)24-9-14-29-3;/h5-8H,4,9-16H2,1-3H3,(H,23,25)(H,24,28);1H. The van der Waals surface area contributed by atoms with Crippen molar-refractivity contribution in [2.45, 2.75) is 20.4 Å². The number of carbonyl (C=O) groups excluding carboxylic acids is 1. The average Bonchev–Trinajstić information content (AvgIpc) is 3.08. The summed E-state index contributed by atoms with van der Waals surface area (Å²) in [5, 5.41) is 7.41. The minimum absolute atomic E-state index is 0. The van der Waals surface area contributed by atoms with Crippen LogP contribution in [-0.2, 0) is 16.1 Å². The first kappa shape index (κ1) is 25.4. The Morgan fingerprint density at radius 1 is 1.19 bits per heavy atom. The zero-order valence-electron chi connectivity index (χ0n) is 18.6. The molecule has 1 aromatic heterocycles. The number of fused-ring (bicyclic) bond motifs is 1. The number of hydrogen-bond acceptors (Lipinski definition) is 5. The van der Waals surface area contributed by atoms with E-state index in [0.29, 0.717) is 26.2 Å². The summed E-state index contributed by atoms with van der Waals surface area (Å²) in [5.41, 5.74) is 2.05. The van der Waals surface area contributed by atoms with Crippen LogP contribution in [0.4, 0.5) is 0 Å². The number of para-hydroxylation sites is 1. The fourth-order valence-corrected chi connectivity index (χ4v) is 3.62. The summed E-state index contributed by atoms with van der Waals surface area (Å²) in [5.74, 6) is 1.83. The molecule has 1 fully saturated rings. The Balaban J connectivity index is 0.00000341. The van der Waals surface area contributed by atoms with E-state index in [2.05, 4.69) is 40.3 Å². The molecule has 8 nitrogen and oxygen atoms in total. The van der Waals surface area contributed by atoms with E-state index in [0.717, 1.165) is 61.0 Å². The summed E-state index contributed by atoms with van der Waals surface area (Å²) in [7, 11) is 1.63. The van der Waals surface area contributed by atoms with Gasteiger partial charge < -0.3 is 24.7 Å². The van der Waals surface area contributed by atoms with Gasteiger partial charge in [0.05, 0.1) is 13.2 Å². The second-order valence-electron chi connectivity index (χ2n) is 7.42. The molecule has 2 N–H and O–H groups in total. The van der Waals surface area contributed by atoms with E-state index in [-0.39, 0.29) is 29.9 Å². The number of nitrogens with zero attached hydrogens (tertiary/aromatic N) is 3. The van der Waals surface area contributed by atoms with E-state index in [1.807, 2.05) is 18.2 Å². The van der Waals surface area contributed by atoms with Crippen molar-refractivity contribution in [1.82, 2.24) is 20.4 Å². The number of ether oxygens (including phenoxy) is 1. The molecule has 3 rings (SSSR count). The van der Waals surface area contributed by atoms with Crippen molar-refractivity contribution in [3.63, 3.8) is 0 Å². The molecule has 0 bridgehead atoms. The maximum atomic E-state index is 12.0. The number of amides is 1. The molecule has 1 aliphatic rings. The lowest BCUT2D eigenvalue weighted by Gasteiger charge is -2.36. The molecule has 1 amide bonds. The third-order valence-electron chi connectivity index (χ3n) is 5.32. The van der Waals surface area contributed by atoms with E-state index < -0.39 is 0 Å². The molecule has 0 spiro atoms. The minimum atomic E-state index is 0. The van der Waals surface area contributed by atoms with Crippen LogP contribution in [0.3, 0.4) is 0 Å². The molecule has 1 saturated heterocycles. The molecular weight excluding hydrogens is 509 g/mol. The smallest absolute Gasteiger partial charge is 0.234 e. The molecule has 172 valence electrons. The molecule has 0 saturated carbocycles. The molecule has 2 aromatic rings. The fourth-order valence-electron chi connectivity index (χ4n) is 3.62. The largest absolute Gasteiger partial charge is 0.459 e. The van der Waals surface area contributed by atoms with Gasteiger partial charge in [-0.05, 0) is 19.9 Å². The second-order valence-corrected chi connectivity index (χ2v) is 7.42. The highest BCUT2D eigenvalue weighted by atomic mass is 127. The van der Waals surface area contributed by atoms with Crippen molar-refractivity contribution in [3.05, 3.63) is 35.6 Å². The quantitative estimate of drug-likeness (QED) is 0.230. The summed E-state index contributed by atoms with van der Waals surface area (Å²) >= 11 is 0. The number of aryl methyl sites for hydroxylation is 1. The molecule has 0 atom stereocenters.